The summed E-state index contributed by atoms with van der Waals surface area (Å²) in [5, 5.41) is 0. The van der Waals surface area contributed by atoms with Crippen LogP contribution in [0.15, 0.2) is 67.0 Å². The molecule has 1 aromatic heterocycles. The second-order valence-corrected chi connectivity index (χ2v) is 12.6. The number of hydrogen-bond acceptors (Lipinski definition) is 1. The highest BCUT2D eigenvalue weighted by Crippen LogP contribution is 2.47. The van der Waals surface area contributed by atoms with E-state index in [0.29, 0.717) is 6.42 Å². The van der Waals surface area contributed by atoms with E-state index in [-0.39, 0.29) is 23.7 Å². The van der Waals surface area contributed by atoms with E-state index >= 15 is 0 Å². The van der Waals surface area contributed by atoms with Gasteiger partial charge in [0.25, 0.3) is 0 Å². The van der Waals surface area contributed by atoms with E-state index in [9.17, 15) is 4.79 Å². The van der Waals surface area contributed by atoms with Gasteiger partial charge in [0.2, 0.25) is 5.91 Å². The molecule has 0 spiro atoms. The number of rotatable bonds is 2. The van der Waals surface area contributed by atoms with E-state index in [2.05, 4.69) is 49.8 Å². The summed E-state index contributed by atoms with van der Waals surface area (Å²) in [5.41, 5.74) is 5.77. The van der Waals surface area contributed by atoms with Crippen LogP contribution < -0.4 is 0 Å². The van der Waals surface area contributed by atoms with Crippen LogP contribution in [0.4, 0.5) is 0 Å². The van der Waals surface area contributed by atoms with Crippen LogP contribution in [0, 0.1) is 23.3 Å². The van der Waals surface area contributed by atoms with Gasteiger partial charge in [-0.25, -0.2) is 0 Å². The van der Waals surface area contributed by atoms with Crippen molar-refractivity contribution in [1.29, 1.82) is 0 Å². The zero-order valence-electron chi connectivity index (χ0n) is 15.2. The molecular formula is C22H25NOSi. The van der Waals surface area contributed by atoms with Crippen molar-refractivity contribution in [2.45, 2.75) is 32.0 Å². The Balaban J connectivity index is 2.02. The van der Waals surface area contributed by atoms with Crippen LogP contribution in [0.2, 0.25) is 19.6 Å². The molecule has 1 aliphatic rings. The first-order valence-corrected chi connectivity index (χ1v) is 12.3. The molecule has 1 fully saturated rings. The van der Waals surface area contributed by atoms with Crippen molar-refractivity contribution in [3.63, 3.8) is 0 Å². The molecule has 3 heteroatoms. The molecule has 25 heavy (non-hydrogen) atoms. The molecule has 0 N–H and O–H groups in total. The summed E-state index contributed by atoms with van der Waals surface area (Å²) in [4.78, 5) is 13.1. The molecule has 128 valence electrons. The number of carbonyl (C=O) groups is 1. The fourth-order valence-electron chi connectivity index (χ4n) is 3.52. The van der Waals surface area contributed by atoms with E-state index < -0.39 is 8.07 Å². The molecular weight excluding hydrogens is 322 g/mol. The van der Waals surface area contributed by atoms with Gasteiger partial charge in [0, 0.05) is 24.2 Å². The molecule has 1 heterocycles. The van der Waals surface area contributed by atoms with Crippen LogP contribution in [-0.2, 0) is 0 Å². The van der Waals surface area contributed by atoms with Crippen LogP contribution in [0.1, 0.15) is 22.7 Å². The molecule has 0 saturated heterocycles. The van der Waals surface area contributed by atoms with Crippen molar-refractivity contribution in [1.82, 2.24) is 4.57 Å². The Bertz CT molecular complexity index is 818. The SMILES string of the molecule is C=C1C[C@H](C(=O)n2cccc2)[C@@H](c2ccccc2)[C@H]1C#C[Si](C)(C)C. The average Bonchev–Trinajstić information content (AvgIpc) is 3.20. The van der Waals surface area contributed by atoms with Gasteiger partial charge in [0.1, 0.15) is 8.07 Å². The van der Waals surface area contributed by atoms with Crippen LogP contribution in [0.3, 0.4) is 0 Å². The van der Waals surface area contributed by atoms with Gasteiger partial charge in [-0.3, -0.25) is 9.36 Å². The number of allylic oxidation sites excluding steroid dienone is 1. The Labute approximate surface area is 151 Å². The first-order valence-electron chi connectivity index (χ1n) is 8.79. The Hall–Kier alpha value is -2.31. The smallest absolute Gasteiger partial charge is 0.234 e. The molecule has 1 saturated carbocycles. The summed E-state index contributed by atoms with van der Waals surface area (Å²) in [6.07, 6.45) is 4.37. The van der Waals surface area contributed by atoms with Gasteiger partial charge in [0.15, 0.2) is 0 Å². The van der Waals surface area contributed by atoms with Crippen molar-refractivity contribution in [3.8, 4) is 11.5 Å². The zero-order valence-corrected chi connectivity index (χ0v) is 16.2. The molecule has 0 bridgehead atoms. The summed E-state index contributed by atoms with van der Waals surface area (Å²) in [7, 11) is -1.48. The zero-order chi connectivity index (χ0) is 18.0. The predicted molar refractivity (Wildman–Crippen MR) is 106 cm³/mol. The minimum Gasteiger partial charge on any atom is -0.294 e. The normalized spacial score (nSPS) is 23.2. The van der Waals surface area contributed by atoms with Crippen molar-refractivity contribution < 1.29 is 4.79 Å². The molecule has 1 aliphatic carbocycles. The molecule has 0 radical (unpaired) electrons. The number of benzene rings is 1. The van der Waals surface area contributed by atoms with Gasteiger partial charge in [-0.1, -0.05) is 62.1 Å². The lowest BCUT2D eigenvalue weighted by Crippen LogP contribution is -2.25. The molecule has 3 atom stereocenters. The van der Waals surface area contributed by atoms with Gasteiger partial charge in [-0.2, -0.15) is 0 Å². The molecule has 3 rings (SSSR count). The summed E-state index contributed by atoms with van der Waals surface area (Å²) >= 11 is 0. The van der Waals surface area contributed by atoms with E-state index in [1.807, 2.05) is 42.7 Å². The standard InChI is InChI=1S/C22H25NOSi/c1-17-16-20(22(24)23-13-8-9-14-23)21(18-10-6-5-7-11-18)19(17)12-15-25(2,3)4/h5-11,13-14,19-21H,1,16H2,2-4H3/t19-,20-,21-/m0/s1. The van der Waals surface area contributed by atoms with Gasteiger partial charge in [0.05, 0.1) is 5.92 Å². The summed E-state index contributed by atoms with van der Waals surface area (Å²) in [6.45, 7) is 11.0. The van der Waals surface area contributed by atoms with Crippen molar-refractivity contribution in [2.75, 3.05) is 0 Å². The van der Waals surface area contributed by atoms with Crippen LogP contribution in [0.5, 0.6) is 0 Å². The topological polar surface area (TPSA) is 22.0 Å². The summed E-state index contributed by atoms with van der Waals surface area (Å²) in [5.74, 6) is 3.66. The fourth-order valence-corrected chi connectivity index (χ4v) is 4.11. The minimum absolute atomic E-state index is 0.0543. The van der Waals surface area contributed by atoms with Gasteiger partial charge in [-0.05, 0) is 24.1 Å². The highest BCUT2D eigenvalue weighted by molar-refractivity contribution is 6.83. The molecule has 2 nitrogen and oxygen atoms in total. The Morgan fingerprint density at radius 3 is 2.36 bits per heavy atom. The molecule has 2 aromatic rings. The summed E-state index contributed by atoms with van der Waals surface area (Å²) < 4.78 is 1.70. The monoisotopic (exact) mass is 347 g/mol. The van der Waals surface area contributed by atoms with E-state index in [0.717, 1.165) is 5.57 Å². The second-order valence-electron chi connectivity index (χ2n) is 7.83. The van der Waals surface area contributed by atoms with E-state index in [1.54, 1.807) is 4.57 Å². The van der Waals surface area contributed by atoms with Crippen molar-refractivity contribution in [2.24, 2.45) is 11.8 Å². The third-order valence-corrected chi connectivity index (χ3v) is 5.57. The number of nitrogens with zero attached hydrogens (tertiary/aromatic N) is 1. The second kappa shape index (κ2) is 6.90. The van der Waals surface area contributed by atoms with Crippen LogP contribution in [0.25, 0.3) is 0 Å². The van der Waals surface area contributed by atoms with Crippen LogP contribution in [-0.4, -0.2) is 18.5 Å². The number of aromatic nitrogens is 1. The predicted octanol–water partition coefficient (Wildman–Crippen LogP) is 4.99. The first kappa shape index (κ1) is 17.5. The van der Waals surface area contributed by atoms with Gasteiger partial charge in [-0.15, -0.1) is 11.5 Å². The molecule has 0 aliphatic heterocycles. The molecule has 0 unspecified atom stereocenters. The fraction of sp³-hybridized carbons (Fsp3) is 0.318. The maximum absolute atomic E-state index is 13.1. The minimum atomic E-state index is -1.48. The Morgan fingerprint density at radius 2 is 1.76 bits per heavy atom. The van der Waals surface area contributed by atoms with Gasteiger partial charge < -0.3 is 0 Å². The van der Waals surface area contributed by atoms with E-state index in [4.69, 9.17) is 0 Å². The van der Waals surface area contributed by atoms with E-state index in [1.165, 1.54) is 5.56 Å². The van der Waals surface area contributed by atoms with Crippen molar-refractivity contribution >= 4 is 14.0 Å². The maximum Gasteiger partial charge on any atom is 0.234 e. The maximum atomic E-state index is 13.1. The quantitative estimate of drug-likeness (QED) is 0.426. The average molecular weight is 348 g/mol. The number of carbonyl (C=O) groups excluding carboxylic acids is 1. The summed E-state index contributed by atoms with van der Waals surface area (Å²) in [6, 6.07) is 14.1. The molecule has 0 amide bonds. The lowest BCUT2D eigenvalue weighted by molar-refractivity contribution is 0.0823. The highest BCUT2D eigenvalue weighted by Gasteiger charge is 2.43. The lowest BCUT2D eigenvalue weighted by atomic mass is 9.82. The van der Waals surface area contributed by atoms with Crippen molar-refractivity contribution in [3.05, 3.63) is 72.6 Å². The van der Waals surface area contributed by atoms with Crippen LogP contribution >= 0.6 is 0 Å². The van der Waals surface area contributed by atoms with Gasteiger partial charge >= 0.3 is 0 Å². The Morgan fingerprint density at radius 1 is 1.12 bits per heavy atom. The largest absolute Gasteiger partial charge is 0.294 e. The first-order chi connectivity index (χ1) is 11.9. The lowest BCUT2D eigenvalue weighted by Gasteiger charge is -2.22. The molecule has 1 aromatic carbocycles. The highest BCUT2D eigenvalue weighted by atomic mass is 28.3. The third kappa shape index (κ3) is 3.86. The third-order valence-electron chi connectivity index (χ3n) is 4.68. The number of hydrogen-bond donors (Lipinski definition) is 0. The Kier molecular flexibility index (Phi) is 4.83.